The first-order valence-corrected chi connectivity index (χ1v) is 5.14. The fraction of sp³-hybridized carbons (Fsp3) is 0.909. The van der Waals surface area contributed by atoms with Crippen LogP contribution in [0.1, 0.15) is 46.5 Å². The van der Waals surface area contributed by atoms with Gasteiger partial charge >= 0.3 is 0 Å². The summed E-state index contributed by atoms with van der Waals surface area (Å²) in [7, 11) is 0. The number of carbonyl (C=O) groups excluding carboxylic acids is 1. The highest BCUT2D eigenvalue weighted by molar-refractivity contribution is 5.49. The molecule has 0 aromatic rings. The van der Waals surface area contributed by atoms with Gasteiger partial charge in [0.15, 0.2) is 0 Å². The molecule has 0 N–H and O–H groups in total. The first kappa shape index (κ1) is 12.6. The molecule has 13 heavy (non-hydrogen) atoms. The van der Waals surface area contributed by atoms with Crippen molar-refractivity contribution in [1.82, 2.24) is 0 Å². The fourth-order valence-electron chi connectivity index (χ4n) is 1.21. The van der Waals surface area contributed by atoms with Gasteiger partial charge in [0.2, 0.25) is 0 Å². The predicted octanol–water partition coefficient (Wildman–Crippen LogP) is 2.81. The second-order valence-corrected chi connectivity index (χ2v) is 4.28. The molecular formula is C11H22O2. The Morgan fingerprint density at radius 1 is 1.38 bits per heavy atom. The Kier molecular flexibility index (Phi) is 6.87. The van der Waals surface area contributed by atoms with Gasteiger partial charge in [-0.2, -0.15) is 0 Å². The molecule has 0 heterocycles. The molecule has 0 radical (unpaired) electrons. The first-order valence-electron chi connectivity index (χ1n) is 5.14. The van der Waals surface area contributed by atoms with Crippen LogP contribution in [0.25, 0.3) is 0 Å². The minimum atomic E-state index is 0.263. The van der Waals surface area contributed by atoms with Crippen LogP contribution in [0.15, 0.2) is 0 Å². The highest BCUT2D eigenvalue weighted by atomic mass is 16.5. The van der Waals surface area contributed by atoms with Crippen LogP contribution in [0, 0.1) is 5.41 Å². The van der Waals surface area contributed by atoms with Crippen LogP contribution in [0.2, 0.25) is 0 Å². The molecule has 0 spiro atoms. The Morgan fingerprint density at radius 2 is 2.08 bits per heavy atom. The lowest BCUT2D eigenvalue weighted by molar-refractivity contribution is -0.109. The van der Waals surface area contributed by atoms with E-state index in [0.717, 1.165) is 12.9 Å². The van der Waals surface area contributed by atoms with Crippen molar-refractivity contribution in [2.75, 3.05) is 13.2 Å². The Bertz CT molecular complexity index is 130. The lowest BCUT2D eigenvalue weighted by atomic mass is 9.88. The topological polar surface area (TPSA) is 26.3 Å². The average molecular weight is 186 g/mol. The molecule has 0 amide bonds. The van der Waals surface area contributed by atoms with Crippen molar-refractivity contribution in [3.63, 3.8) is 0 Å². The van der Waals surface area contributed by atoms with E-state index < -0.39 is 0 Å². The van der Waals surface area contributed by atoms with Crippen molar-refractivity contribution in [1.29, 1.82) is 0 Å². The van der Waals surface area contributed by atoms with Gasteiger partial charge in [0.05, 0.1) is 13.2 Å². The minimum Gasteiger partial charge on any atom is -0.380 e. The van der Waals surface area contributed by atoms with E-state index in [1.807, 2.05) is 0 Å². The largest absolute Gasteiger partial charge is 0.380 e. The summed E-state index contributed by atoms with van der Waals surface area (Å²) in [5.41, 5.74) is 0.263. The molecule has 78 valence electrons. The van der Waals surface area contributed by atoms with Crippen LogP contribution in [0.5, 0.6) is 0 Å². The standard InChI is InChI=1S/C11H22O2/c1-4-5-7-11(2,3)10-13-9-6-8-12/h8H,4-7,9-10H2,1-3H3. The summed E-state index contributed by atoms with van der Waals surface area (Å²) in [6, 6.07) is 0. The number of aldehydes is 1. The lowest BCUT2D eigenvalue weighted by Gasteiger charge is -2.23. The Labute approximate surface area is 81.7 Å². The minimum absolute atomic E-state index is 0.263. The molecule has 0 atom stereocenters. The zero-order valence-electron chi connectivity index (χ0n) is 9.14. The van der Waals surface area contributed by atoms with Crippen LogP contribution >= 0.6 is 0 Å². The highest BCUT2D eigenvalue weighted by Crippen LogP contribution is 2.23. The van der Waals surface area contributed by atoms with Gasteiger partial charge in [0, 0.05) is 6.42 Å². The molecule has 0 aromatic heterocycles. The molecule has 0 aliphatic rings. The van der Waals surface area contributed by atoms with E-state index in [2.05, 4.69) is 20.8 Å². The zero-order valence-corrected chi connectivity index (χ0v) is 9.14. The number of hydrogen-bond acceptors (Lipinski definition) is 2. The van der Waals surface area contributed by atoms with Gasteiger partial charge in [-0.3, -0.25) is 0 Å². The summed E-state index contributed by atoms with van der Waals surface area (Å²) < 4.78 is 5.40. The van der Waals surface area contributed by atoms with E-state index in [1.165, 1.54) is 19.3 Å². The summed E-state index contributed by atoms with van der Waals surface area (Å²) >= 11 is 0. The quantitative estimate of drug-likeness (QED) is 0.430. The van der Waals surface area contributed by atoms with Crippen molar-refractivity contribution in [2.45, 2.75) is 46.5 Å². The zero-order chi connectivity index (χ0) is 10.2. The maximum absolute atomic E-state index is 10.0. The maximum atomic E-state index is 10.0. The molecule has 0 rings (SSSR count). The Morgan fingerprint density at radius 3 is 2.62 bits per heavy atom. The second-order valence-electron chi connectivity index (χ2n) is 4.28. The molecule has 2 heteroatoms. The molecular weight excluding hydrogens is 164 g/mol. The maximum Gasteiger partial charge on any atom is 0.122 e. The van der Waals surface area contributed by atoms with Gasteiger partial charge in [-0.1, -0.05) is 33.6 Å². The Balaban J connectivity index is 3.44. The Hall–Kier alpha value is -0.370. The van der Waals surface area contributed by atoms with Gasteiger partial charge in [-0.05, 0) is 11.8 Å². The van der Waals surface area contributed by atoms with Crippen LogP contribution in [-0.2, 0) is 9.53 Å². The molecule has 0 unspecified atom stereocenters. The van der Waals surface area contributed by atoms with Crippen LogP contribution in [0.3, 0.4) is 0 Å². The first-order chi connectivity index (χ1) is 6.12. The molecule has 0 aliphatic heterocycles. The van der Waals surface area contributed by atoms with Crippen LogP contribution < -0.4 is 0 Å². The summed E-state index contributed by atoms with van der Waals surface area (Å²) in [6.07, 6.45) is 5.11. The number of rotatable bonds is 8. The molecule has 0 aliphatic carbocycles. The van der Waals surface area contributed by atoms with Crippen molar-refractivity contribution >= 4 is 6.29 Å². The van der Waals surface area contributed by atoms with Crippen molar-refractivity contribution in [3.05, 3.63) is 0 Å². The van der Waals surface area contributed by atoms with E-state index in [9.17, 15) is 4.79 Å². The number of carbonyl (C=O) groups is 1. The molecule has 0 bridgehead atoms. The van der Waals surface area contributed by atoms with Gasteiger partial charge in [0.25, 0.3) is 0 Å². The van der Waals surface area contributed by atoms with E-state index in [-0.39, 0.29) is 5.41 Å². The third-order valence-electron chi connectivity index (χ3n) is 2.08. The van der Waals surface area contributed by atoms with Crippen LogP contribution in [-0.4, -0.2) is 19.5 Å². The average Bonchev–Trinajstić information content (AvgIpc) is 2.09. The summed E-state index contributed by atoms with van der Waals surface area (Å²) in [6.45, 7) is 7.95. The van der Waals surface area contributed by atoms with E-state index in [0.29, 0.717) is 13.0 Å². The van der Waals surface area contributed by atoms with Gasteiger partial charge in [-0.15, -0.1) is 0 Å². The van der Waals surface area contributed by atoms with E-state index >= 15 is 0 Å². The van der Waals surface area contributed by atoms with E-state index in [1.54, 1.807) is 0 Å². The number of ether oxygens (including phenoxy) is 1. The second kappa shape index (κ2) is 7.07. The van der Waals surface area contributed by atoms with Crippen LogP contribution in [0.4, 0.5) is 0 Å². The SMILES string of the molecule is CCCCC(C)(C)COCCC=O. The summed E-state index contributed by atoms with van der Waals surface area (Å²) in [4.78, 5) is 10.0. The number of unbranched alkanes of at least 4 members (excludes halogenated alkanes) is 1. The normalized spacial score (nSPS) is 11.6. The smallest absolute Gasteiger partial charge is 0.122 e. The predicted molar refractivity (Wildman–Crippen MR) is 54.8 cm³/mol. The molecule has 0 saturated heterocycles. The third-order valence-corrected chi connectivity index (χ3v) is 2.08. The van der Waals surface area contributed by atoms with Gasteiger partial charge in [0.1, 0.15) is 6.29 Å². The molecule has 2 nitrogen and oxygen atoms in total. The fourth-order valence-corrected chi connectivity index (χ4v) is 1.21. The van der Waals surface area contributed by atoms with Gasteiger partial charge in [-0.25, -0.2) is 0 Å². The highest BCUT2D eigenvalue weighted by Gasteiger charge is 2.16. The summed E-state index contributed by atoms with van der Waals surface area (Å²) in [5.74, 6) is 0. The lowest BCUT2D eigenvalue weighted by Crippen LogP contribution is -2.19. The van der Waals surface area contributed by atoms with Crippen molar-refractivity contribution in [2.24, 2.45) is 5.41 Å². The third kappa shape index (κ3) is 7.97. The summed E-state index contributed by atoms with van der Waals surface area (Å²) in [5, 5.41) is 0. The van der Waals surface area contributed by atoms with Crippen molar-refractivity contribution in [3.8, 4) is 0 Å². The molecule has 0 aromatic carbocycles. The van der Waals surface area contributed by atoms with Crippen molar-refractivity contribution < 1.29 is 9.53 Å². The van der Waals surface area contributed by atoms with Gasteiger partial charge < -0.3 is 9.53 Å². The van der Waals surface area contributed by atoms with E-state index in [4.69, 9.17) is 4.74 Å². The monoisotopic (exact) mass is 186 g/mol. The molecule has 0 fully saturated rings. The molecule has 0 saturated carbocycles. The number of hydrogen-bond donors (Lipinski definition) is 0.